The lowest BCUT2D eigenvalue weighted by molar-refractivity contribution is -0.384. The van der Waals surface area contributed by atoms with E-state index in [1.54, 1.807) is 12.1 Å². The lowest BCUT2D eigenvalue weighted by atomic mass is 10.1. The first-order chi connectivity index (χ1) is 10.2. The number of ether oxygens (including phenoxy) is 2. The highest BCUT2D eigenvalue weighted by molar-refractivity contribution is 5.34. The van der Waals surface area contributed by atoms with Gasteiger partial charge in [-0.2, -0.15) is 0 Å². The molecule has 0 amide bonds. The molecule has 0 spiro atoms. The van der Waals surface area contributed by atoms with Crippen LogP contribution in [0.4, 0.5) is 5.69 Å². The number of hydrogen-bond donors (Lipinski definition) is 0. The Bertz CT molecular complexity index is 579. The fraction of sp³-hybridized carbons (Fsp3) is 0.333. The topological polar surface area (TPSA) is 64.8 Å². The molecule has 1 saturated heterocycles. The maximum Gasteiger partial charge on any atom is 0.269 e. The van der Waals surface area contributed by atoms with Crippen LogP contribution in [-0.4, -0.2) is 35.4 Å². The summed E-state index contributed by atoms with van der Waals surface area (Å²) in [6.07, 6.45) is 7.58. The normalized spacial score (nSPS) is 21.9. The van der Waals surface area contributed by atoms with E-state index in [2.05, 4.69) is 4.90 Å². The van der Waals surface area contributed by atoms with Crippen LogP contribution in [0.5, 0.6) is 0 Å². The van der Waals surface area contributed by atoms with Crippen LogP contribution in [0.2, 0.25) is 0 Å². The van der Waals surface area contributed by atoms with Crippen molar-refractivity contribution in [3.05, 3.63) is 64.4 Å². The first-order valence-corrected chi connectivity index (χ1v) is 6.81. The molecule has 110 valence electrons. The van der Waals surface area contributed by atoms with E-state index in [0.29, 0.717) is 19.8 Å². The minimum Gasteiger partial charge on any atom is -0.362 e. The van der Waals surface area contributed by atoms with E-state index in [9.17, 15) is 10.1 Å². The Morgan fingerprint density at radius 3 is 2.86 bits per heavy atom. The summed E-state index contributed by atoms with van der Waals surface area (Å²) >= 11 is 0. The van der Waals surface area contributed by atoms with E-state index in [1.807, 2.05) is 30.5 Å². The number of non-ortho nitro benzene ring substituents is 1. The molecule has 0 aromatic heterocycles. The van der Waals surface area contributed by atoms with Gasteiger partial charge in [0, 0.05) is 24.9 Å². The van der Waals surface area contributed by atoms with Crippen molar-refractivity contribution in [3.63, 3.8) is 0 Å². The summed E-state index contributed by atoms with van der Waals surface area (Å²) in [7, 11) is 0. The van der Waals surface area contributed by atoms with Gasteiger partial charge in [0.1, 0.15) is 0 Å². The van der Waals surface area contributed by atoms with Crippen LogP contribution in [0, 0.1) is 10.1 Å². The van der Waals surface area contributed by atoms with Gasteiger partial charge < -0.3 is 14.4 Å². The van der Waals surface area contributed by atoms with Crippen molar-refractivity contribution in [2.75, 3.05) is 13.2 Å². The van der Waals surface area contributed by atoms with E-state index in [-0.39, 0.29) is 22.9 Å². The summed E-state index contributed by atoms with van der Waals surface area (Å²) in [4.78, 5) is 12.5. The predicted molar refractivity (Wildman–Crippen MR) is 76.4 cm³/mol. The molecule has 0 bridgehead atoms. The van der Waals surface area contributed by atoms with Gasteiger partial charge in [-0.25, -0.2) is 0 Å². The minimum absolute atomic E-state index is 0.0169. The molecule has 3 rings (SSSR count). The molecular formula is C15H16N2O4. The summed E-state index contributed by atoms with van der Waals surface area (Å²) in [5, 5.41) is 10.8. The van der Waals surface area contributed by atoms with E-state index in [0.717, 1.165) is 5.56 Å². The number of nitro groups is 1. The van der Waals surface area contributed by atoms with Crippen molar-refractivity contribution >= 4 is 5.69 Å². The summed E-state index contributed by atoms with van der Waals surface area (Å²) in [6, 6.07) is 6.66. The van der Waals surface area contributed by atoms with Crippen molar-refractivity contribution in [2.45, 2.75) is 18.9 Å². The van der Waals surface area contributed by atoms with Crippen LogP contribution in [0.1, 0.15) is 5.56 Å². The Hall–Kier alpha value is -2.18. The van der Waals surface area contributed by atoms with E-state index >= 15 is 0 Å². The SMILES string of the molecule is O=[N+]([O-])c1cccc(CN2C=CC=CC2C2OCCO2)c1. The molecule has 2 aliphatic rings. The summed E-state index contributed by atoms with van der Waals surface area (Å²) in [5.74, 6) is 0. The van der Waals surface area contributed by atoms with Gasteiger partial charge in [0.2, 0.25) is 0 Å². The Labute approximate surface area is 122 Å². The fourth-order valence-corrected chi connectivity index (χ4v) is 2.51. The van der Waals surface area contributed by atoms with Crippen molar-refractivity contribution in [2.24, 2.45) is 0 Å². The Morgan fingerprint density at radius 1 is 1.29 bits per heavy atom. The first-order valence-electron chi connectivity index (χ1n) is 6.81. The quantitative estimate of drug-likeness (QED) is 0.628. The third kappa shape index (κ3) is 3.12. The molecule has 2 heterocycles. The average molecular weight is 288 g/mol. The zero-order valence-corrected chi connectivity index (χ0v) is 11.4. The van der Waals surface area contributed by atoms with Gasteiger partial charge in [0.15, 0.2) is 6.29 Å². The average Bonchev–Trinajstić information content (AvgIpc) is 3.02. The predicted octanol–water partition coefficient (Wildman–Crippen LogP) is 2.22. The van der Waals surface area contributed by atoms with Gasteiger partial charge in [0.05, 0.1) is 24.2 Å². The second kappa shape index (κ2) is 6.07. The van der Waals surface area contributed by atoms with Crippen molar-refractivity contribution < 1.29 is 14.4 Å². The molecule has 1 aromatic carbocycles. The number of hydrogen-bond acceptors (Lipinski definition) is 5. The highest BCUT2D eigenvalue weighted by Gasteiger charge is 2.29. The maximum atomic E-state index is 10.8. The standard InChI is InChI=1S/C15H16N2O4/c18-17(19)13-5-3-4-12(10-13)11-16-7-2-1-6-14(16)15-20-8-9-21-15/h1-7,10,14-15H,8-9,11H2. The van der Waals surface area contributed by atoms with Gasteiger partial charge in [-0.05, 0) is 11.6 Å². The van der Waals surface area contributed by atoms with Gasteiger partial charge in [-0.1, -0.05) is 24.3 Å². The molecule has 1 aromatic rings. The Balaban J connectivity index is 1.75. The Morgan fingerprint density at radius 2 is 2.10 bits per heavy atom. The van der Waals surface area contributed by atoms with Gasteiger partial charge in [-0.3, -0.25) is 10.1 Å². The van der Waals surface area contributed by atoms with E-state index < -0.39 is 0 Å². The van der Waals surface area contributed by atoms with Gasteiger partial charge in [-0.15, -0.1) is 0 Å². The summed E-state index contributed by atoms with van der Waals surface area (Å²) in [6.45, 7) is 1.77. The lowest BCUT2D eigenvalue weighted by Gasteiger charge is -2.33. The molecule has 1 atom stereocenters. The second-order valence-electron chi connectivity index (χ2n) is 4.93. The van der Waals surface area contributed by atoms with Gasteiger partial charge in [0.25, 0.3) is 5.69 Å². The lowest BCUT2D eigenvalue weighted by Crippen LogP contribution is -2.40. The number of benzene rings is 1. The fourth-order valence-electron chi connectivity index (χ4n) is 2.51. The first kappa shape index (κ1) is 13.8. The minimum atomic E-state index is -0.379. The zero-order valence-electron chi connectivity index (χ0n) is 11.4. The monoisotopic (exact) mass is 288 g/mol. The van der Waals surface area contributed by atoms with Crippen LogP contribution in [-0.2, 0) is 16.0 Å². The van der Waals surface area contributed by atoms with Crippen molar-refractivity contribution in [3.8, 4) is 0 Å². The number of allylic oxidation sites excluding steroid dienone is 2. The molecule has 6 heteroatoms. The van der Waals surface area contributed by atoms with Crippen molar-refractivity contribution in [1.29, 1.82) is 0 Å². The molecule has 0 saturated carbocycles. The molecule has 0 aliphatic carbocycles. The highest BCUT2D eigenvalue weighted by Crippen LogP contribution is 2.22. The zero-order chi connectivity index (χ0) is 14.7. The van der Waals surface area contributed by atoms with Crippen LogP contribution >= 0.6 is 0 Å². The van der Waals surface area contributed by atoms with Crippen LogP contribution in [0.3, 0.4) is 0 Å². The summed E-state index contributed by atoms with van der Waals surface area (Å²) in [5.41, 5.74) is 0.987. The third-order valence-electron chi connectivity index (χ3n) is 3.49. The highest BCUT2D eigenvalue weighted by atomic mass is 16.7. The molecule has 1 unspecified atom stereocenters. The number of nitro benzene ring substituents is 1. The molecule has 2 aliphatic heterocycles. The second-order valence-corrected chi connectivity index (χ2v) is 4.93. The molecular weight excluding hydrogens is 272 g/mol. The van der Waals surface area contributed by atoms with Crippen LogP contribution in [0.25, 0.3) is 0 Å². The van der Waals surface area contributed by atoms with Crippen LogP contribution in [0.15, 0.2) is 48.7 Å². The summed E-state index contributed by atoms with van der Waals surface area (Å²) < 4.78 is 11.1. The maximum absolute atomic E-state index is 10.8. The van der Waals surface area contributed by atoms with Gasteiger partial charge >= 0.3 is 0 Å². The smallest absolute Gasteiger partial charge is 0.269 e. The number of nitrogens with zero attached hydrogens (tertiary/aromatic N) is 2. The van der Waals surface area contributed by atoms with E-state index in [1.165, 1.54) is 6.07 Å². The largest absolute Gasteiger partial charge is 0.362 e. The van der Waals surface area contributed by atoms with Crippen LogP contribution < -0.4 is 0 Å². The van der Waals surface area contributed by atoms with E-state index in [4.69, 9.17) is 9.47 Å². The molecule has 0 radical (unpaired) electrons. The van der Waals surface area contributed by atoms with Crippen molar-refractivity contribution in [1.82, 2.24) is 4.90 Å². The molecule has 21 heavy (non-hydrogen) atoms. The molecule has 1 fully saturated rings. The number of rotatable bonds is 4. The molecule has 0 N–H and O–H groups in total. The Kier molecular flexibility index (Phi) is 3.98. The molecule has 6 nitrogen and oxygen atoms in total. The third-order valence-corrected chi connectivity index (χ3v) is 3.49.